The maximum absolute atomic E-state index is 11.7. The van der Waals surface area contributed by atoms with Gasteiger partial charge in [0, 0.05) is 34.9 Å². The van der Waals surface area contributed by atoms with Gasteiger partial charge in [-0.15, -0.1) is 0 Å². The van der Waals surface area contributed by atoms with Gasteiger partial charge in [0.15, 0.2) is 4.80 Å². The van der Waals surface area contributed by atoms with Crippen molar-refractivity contribution in [2.45, 2.75) is 13.5 Å². The first-order valence-corrected chi connectivity index (χ1v) is 10.8. The van der Waals surface area contributed by atoms with Gasteiger partial charge in [-0.05, 0) is 36.8 Å². The number of benzene rings is 2. The van der Waals surface area contributed by atoms with Gasteiger partial charge in [0.25, 0.3) is 0 Å². The number of thiazole rings is 1. The molecule has 0 bridgehead atoms. The van der Waals surface area contributed by atoms with Crippen molar-refractivity contribution in [3.8, 4) is 5.88 Å². The molecule has 3 heterocycles. The van der Waals surface area contributed by atoms with E-state index in [0.717, 1.165) is 27.8 Å². The number of para-hydroxylation sites is 1. The van der Waals surface area contributed by atoms with Crippen LogP contribution in [0.1, 0.15) is 16.0 Å². The van der Waals surface area contributed by atoms with E-state index in [1.54, 1.807) is 16.8 Å². The monoisotopic (exact) mass is 445 g/mol. The number of aliphatic hydroxyl groups is 1. The molecule has 0 saturated heterocycles. The molecule has 0 amide bonds. The van der Waals surface area contributed by atoms with E-state index in [4.69, 9.17) is 4.42 Å². The van der Waals surface area contributed by atoms with Gasteiger partial charge in [0.1, 0.15) is 5.58 Å². The largest absolute Gasteiger partial charge is 0.493 e. The summed E-state index contributed by atoms with van der Waals surface area (Å²) in [6.07, 6.45) is 3.63. The van der Waals surface area contributed by atoms with Crippen molar-refractivity contribution < 1.29 is 14.6 Å². The van der Waals surface area contributed by atoms with Crippen LogP contribution in [0.4, 0.5) is 11.4 Å². The highest BCUT2D eigenvalue weighted by Gasteiger charge is 2.16. The molecule has 2 N–H and O–H groups in total. The Kier molecular flexibility index (Phi) is 5.08. The Morgan fingerprint density at radius 2 is 2.06 bits per heavy atom. The molecule has 0 radical (unpaired) electrons. The van der Waals surface area contributed by atoms with Crippen molar-refractivity contribution in [2.24, 2.45) is 9.98 Å². The van der Waals surface area contributed by atoms with Crippen molar-refractivity contribution >= 4 is 51.5 Å². The van der Waals surface area contributed by atoms with Gasteiger partial charge in [0.05, 0.1) is 29.4 Å². The molecule has 2 aromatic heterocycles. The molecule has 0 saturated carbocycles. The van der Waals surface area contributed by atoms with Crippen molar-refractivity contribution in [3.63, 3.8) is 0 Å². The summed E-state index contributed by atoms with van der Waals surface area (Å²) in [4.78, 5) is 21.9. The molecule has 4 aromatic rings. The first-order valence-electron chi connectivity index (χ1n) is 10.0. The zero-order valence-corrected chi connectivity index (χ0v) is 18.0. The minimum atomic E-state index is -0.413. The standard InChI is InChI=1S/C24H19N3O4S/c1-14-10-22(29)31-20-12-16(6-7-17(14)20)26-24-27(8-9-28)23(30)21(32-24)11-15-13-25-19-5-3-2-4-18(15)19/h2-7,10-13,28,30H,8-9H2,1H3/b15-11+,26-24?. The third kappa shape index (κ3) is 3.59. The molecular weight excluding hydrogens is 426 g/mol. The van der Waals surface area contributed by atoms with Gasteiger partial charge in [0.2, 0.25) is 5.88 Å². The van der Waals surface area contributed by atoms with E-state index < -0.39 is 5.63 Å². The lowest BCUT2D eigenvalue weighted by Gasteiger charge is -2.03. The zero-order valence-electron chi connectivity index (χ0n) is 17.1. The number of hydrogen-bond donors (Lipinski definition) is 2. The number of fused-ring (bicyclic) bond motifs is 2. The molecule has 32 heavy (non-hydrogen) atoms. The first kappa shape index (κ1) is 20.2. The summed E-state index contributed by atoms with van der Waals surface area (Å²) in [6.45, 7) is 1.90. The van der Waals surface area contributed by atoms with Crippen molar-refractivity contribution in [1.29, 1.82) is 0 Å². The number of aliphatic hydroxyl groups excluding tert-OH is 1. The van der Waals surface area contributed by atoms with Gasteiger partial charge in [-0.2, -0.15) is 0 Å². The molecule has 8 heteroatoms. The Morgan fingerprint density at radius 1 is 1.22 bits per heavy atom. The maximum atomic E-state index is 11.7. The summed E-state index contributed by atoms with van der Waals surface area (Å²) in [5.74, 6) is 0.0243. The maximum Gasteiger partial charge on any atom is 0.336 e. The Bertz CT molecular complexity index is 1540. The van der Waals surface area contributed by atoms with Crippen molar-refractivity contribution in [3.05, 3.63) is 79.8 Å². The van der Waals surface area contributed by atoms with E-state index in [2.05, 4.69) is 9.98 Å². The second kappa shape index (κ2) is 8.07. The van der Waals surface area contributed by atoms with Gasteiger partial charge < -0.3 is 14.6 Å². The van der Waals surface area contributed by atoms with E-state index in [-0.39, 0.29) is 19.0 Å². The van der Waals surface area contributed by atoms with Crippen LogP contribution < -0.4 is 10.4 Å². The van der Waals surface area contributed by atoms with Crippen LogP contribution in [0, 0.1) is 6.92 Å². The molecular formula is C24H19N3O4S. The van der Waals surface area contributed by atoms with Crippen LogP contribution in [0.15, 0.2) is 67.7 Å². The van der Waals surface area contributed by atoms with E-state index in [0.29, 0.717) is 20.9 Å². The topological polar surface area (TPSA) is 100 Å². The van der Waals surface area contributed by atoms with Gasteiger partial charge in [-0.3, -0.25) is 9.56 Å². The van der Waals surface area contributed by atoms with Crippen LogP contribution >= 0.6 is 11.3 Å². The number of aromatic hydroxyl groups is 1. The molecule has 0 spiro atoms. The summed E-state index contributed by atoms with van der Waals surface area (Å²) in [7, 11) is 0. The fourth-order valence-corrected chi connectivity index (χ4v) is 4.71. The molecule has 1 aliphatic heterocycles. The SMILES string of the molecule is Cc1cc(=O)oc2cc(N=c3sc(/C=C4\C=Nc5ccccc54)c(O)n3CCO)ccc12. The molecule has 0 fully saturated rings. The molecule has 0 aliphatic carbocycles. The summed E-state index contributed by atoms with van der Waals surface area (Å²) in [5, 5.41) is 21.2. The molecule has 1 aliphatic rings. The van der Waals surface area contributed by atoms with Crippen LogP contribution in [0.25, 0.3) is 22.6 Å². The van der Waals surface area contributed by atoms with Crippen LogP contribution in [0.2, 0.25) is 0 Å². The highest BCUT2D eigenvalue weighted by Crippen LogP contribution is 2.34. The van der Waals surface area contributed by atoms with Gasteiger partial charge in [-0.25, -0.2) is 9.79 Å². The van der Waals surface area contributed by atoms with Gasteiger partial charge in [-0.1, -0.05) is 29.5 Å². The molecule has 0 unspecified atom stereocenters. The molecule has 7 nitrogen and oxygen atoms in total. The van der Waals surface area contributed by atoms with Crippen molar-refractivity contribution in [2.75, 3.05) is 6.61 Å². The quantitative estimate of drug-likeness (QED) is 0.461. The predicted molar refractivity (Wildman–Crippen MR) is 126 cm³/mol. The molecule has 2 aromatic carbocycles. The van der Waals surface area contributed by atoms with Crippen LogP contribution in [-0.4, -0.2) is 27.6 Å². The van der Waals surface area contributed by atoms with E-state index in [1.807, 2.05) is 49.4 Å². The summed E-state index contributed by atoms with van der Waals surface area (Å²) >= 11 is 1.30. The fraction of sp³-hybridized carbons (Fsp3) is 0.125. The van der Waals surface area contributed by atoms with E-state index in [9.17, 15) is 15.0 Å². The number of aliphatic imine (C=N–C) groups is 1. The Morgan fingerprint density at radius 3 is 2.91 bits per heavy atom. The van der Waals surface area contributed by atoms with Crippen LogP contribution in [-0.2, 0) is 6.54 Å². The summed E-state index contributed by atoms with van der Waals surface area (Å²) in [5.41, 5.74) is 4.21. The number of rotatable bonds is 4. The summed E-state index contributed by atoms with van der Waals surface area (Å²) in [6, 6.07) is 14.6. The average Bonchev–Trinajstić information content (AvgIpc) is 3.30. The number of aromatic nitrogens is 1. The minimum Gasteiger partial charge on any atom is -0.493 e. The van der Waals surface area contributed by atoms with Gasteiger partial charge >= 0.3 is 5.63 Å². The van der Waals surface area contributed by atoms with Crippen LogP contribution in [0.5, 0.6) is 5.88 Å². The number of allylic oxidation sites excluding steroid dienone is 1. The smallest absolute Gasteiger partial charge is 0.336 e. The molecule has 160 valence electrons. The predicted octanol–water partition coefficient (Wildman–Crippen LogP) is 4.15. The second-order valence-electron chi connectivity index (χ2n) is 7.36. The Labute approximate surface area is 186 Å². The normalized spacial score (nSPS) is 14.6. The molecule has 0 atom stereocenters. The highest BCUT2D eigenvalue weighted by atomic mass is 32.1. The lowest BCUT2D eigenvalue weighted by Crippen LogP contribution is -2.16. The third-order valence-electron chi connectivity index (χ3n) is 5.24. The Balaban J connectivity index is 1.63. The zero-order chi connectivity index (χ0) is 22.2. The average molecular weight is 446 g/mol. The first-order chi connectivity index (χ1) is 15.5. The number of hydrogen-bond acceptors (Lipinski definition) is 7. The molecule has 5 rings (SSSR count). The van der Waals surface area contributed by atoms with E-state index in [1.165, 1.54) is 17.4 Å². The second-order valence-corrected chi connectivity index (χ2v) is 8.37. The highest BCUT2D eigenvalue weighted by molar-refractivity contribution is 7.10. The number of nitrogens with zero attached hydrogens (tertiary/aromatic N) is 3. The Hall–Kier alpha value is -3.75. The number of aryl methyl sites for hydroxylation is 1. The van der Waals surface area contributed by atoms with Crippen LogP contribution in [0.3, 0.4) is 0 Å². The minimum absolute atomic E-state index is 0.0243. The lowest BCUT2D eigenvalue weighted by molar-refractivity contribution is 0.265. The lowest BCUT2D eigenvalue weighted by atomic mass is 10.1. The van der Waals surface area contributed by atoms with E-state index >= 15 is 0 Å². The summed E-state index contributed by atoms with van der Waals surface area (Å²) < 4.78 is 6.88. The fourth-order valence-electron chi connectivity index (χ4n) is 3.69. The van der Waals surface area contributed by atoms with Crippen molar-refractivity contribution in [1.82, 2.24) is 4.57 Å². The third-order valence-corrected chi connectivity index (χ3v) is 6.25.